The summed E-state index contributed by atoms with van der Waals surface area (Å²) in [5.74, 6) is -0.109. The maximum Gasteiger partial charge on any atom is 0.226 e. The van der Waals surface area contributed by atoms with E-state index in [2.05, 4.69) is 10.3 Å². The van der Waals surface area contributed by atoms with Gasteiger partial charge in [0, 0.05) is 32.0 Å². The lowest BCUT2D eigenvalue weighted by Gasteiger charge is -2.32. The zero-order valence-electron chi connectivity index (χ0n) is 15.2. The van der Waals surface area contributed by atoms with Crippen LogP contribution >= 0.6 is 11.8 Å². The molecule has 7 heteroatoms. The smallest absolute Gasteiger partial charge is 0.226 e. The first kappa shape index (κ1) is 18.3. The van der Waals surface area contributed by atoms with Crippen molar-refractivity contribution in [3.05, 3.63) is 11.9 Å². The van der Waals surface area contributed by atoms with Crippen LogP contribution in [0.2, 0.25) is 0 Å². The number of likely N-dealkylation sites (tertiary alicyclic amines) is 1. The van der Waals surface area contributed by atoms with E-state index >= 15 is 0 Å². The highest BCUT2D eigenvalue weighted by molar-refractivity contribution is 7.98. The Bertz CT molecular complexity index is 625. The molecule has 6 nitrogen and oxygen atoms in total. The van der Waals surface area contributed by atoms with E-state index in [1.165, 1.54) is 0 Å². The minimum atomic E-state index is -0.185. The molecule has 2 aliphatic rings. The van der Waals surface area contributed by atoms with E-state index in [9.17, 15) is 9.59 Å². The molecule has 3 rings (SSSR count). The second-order valence-electron chi connectivity index (χ2n) is 7.04. The first-order chi connectivity index (χ1) is 12.1. The number of nitrogens with zero attached hydrogens (tertiary/aromatic N) is 3. The van der Waals surface area contributed by atoms with Gasteiger partial charge in [-0.15, -0.1) is 0 Å². The van der Waals surface area contributed by atoms with Gasteiger partial charge in [0.1, 0.15) is 0 Å². The van der Waals surface area contributed by atoms with Gasteiger partial charge in [0.2, 0.25) is 11.8 Å². The Balaban J connectivity index is 1.62. The monoisotopic (exact) mass is 364 g/mol. The summed E-state index contributed by atoms with van der Waals surface area (Å²) in [4.78, 5) is 31.9. The summed E-state index contributed by atoms with van der Waals surface area (Å²) < 4.78 is 2.00. The molecule has 2 heterocycles. The predicted molar refractivity (Wildman–Crippen MR) is 98.1 cm³/mol. The van der Waals surface area contributed by atoms with E-state index in [4.69, 9.17) is 0 Å². The van der Waals surface area contributed by atoms with Gasteiger partial charge in [0.25, 0.3) is 0 Å². The maximum atomic E-state index is 12.8. The molecule has 1 aromatic rings. The molecule has 0 radical (unpaired) electrons. The Morgan fingerprint density at radius 2 is 1.88 bits per heavy atom. The predicted octanol–water partition coefficient (Wildman–Crippen LogP) is 2.19. The molecule has 2 fully saturated rings. The minimum Gasteiger partial charge on any atom is -0.350 e. The SMILES string of the molecule is CSc1ncc(CNC(=O)[C@H]2CCCC[C@H]2C(=O)N2CCCC2)n1C. The van der Waals surface area contributed by atoms with Crippen LogP contribution in [-0.2, 0) is 23.2 Å². The van der Waals surface area contributed by atoms with Crippen LogP contribution in [0, 0.1) is 11.8 Å². The molecule has 138 valence electrons. The molecule has 25 heavy (non-hydrogen) atoms. The standard InChI is InChI=1S/C18H28N4O2S/c1-21-13(12-20-18(21)25-2)11-19-16(23)14-7-3-4-8-15(14)17(24)22-9-5-6-10-22/h12,14-15H,3-11H2,1-2H3,(H,19,23)/t14-,15+/m0/s1. The molecule has 1 aromatic heterocycles. The highest BCUT2D eigenvalue weighted by Crippen LogP contribution is 2.32. The van der Waals surface area contributed by atoms with Crippen LogP contribution in [0.25, 0.3) is 0 Å². The van der Waals surface area contributed by atoms with Crippen molar-refractivity contribution in [2.75, 3.05) is 19.3 Å². The molecule has 0 unspecified atom stereocenters. The maximum absolute atomic E-state index is 12.8. The van der Waals surface area contributed by atoms with Gasteiger partial charge in [-0.05, 0) is 31.9 Å². The van der Waals surface area contributed by atoms with Crippen molar-refractivity contribution in [3.8, 4) is 0 Å². The summed E-state index contributed by atoms with van der Waals surface area (Å²) in [5.41, 5.74) is 0.982. The van der Waals surface area contributed by atoms with Crippen LogP contribution in [0.4, 0.5) is 0 Å². The van der Waals surface area contributed by atoms with Gasteiger partial charge in [0.15, 0.2) is 5.16 Å². The molecule has 1 saturated heterocycles. The lowest BCUT2D eigenvalue weighted by atomic mass is 9.78. The van der Waals surface area contributed by atoms with E-state index in [-0.39, 0.29) is 23.7 Å². The molecular weight excluding hydrogens is 336 g/mol. The van der Waals surface area contributed by atoms with Crippen molar-refractivity contribution in [2.45, 2.75) is 50.2 Å². The van der Waals surface area contributed by atoms with Crippen LogP contribution in [0.15, 0.2) is 11.4 Å². The Kier molecular flexibility index (Phi) is 6.04. The lowest BCUT2D eigenvalue weighted by Crippen LogP contribution is -2.44. The molecule has 0 bridgehead atoms. The first-order valence-electron chi connectivity index (χ1n) is 9.23. The molecule has 1 saturated carbocycles. The van der Waals surface area contributed by atoms with E-state index in [1.54, 1.807) is 18.0 Å². The number of carbonyl (C=O) groups excluding carboxylic acids is 2. The molecule has 1 aliphatic carbocycles. The molecule has 2 amide bonds. The quantitative estimate of drug-likeness (QED) is 0.813. The van der Waals surface area contributed by atoms with Gasteiger partial charge in [0.05, 0.1) is 18.4 Å². The van der Waals surface area contributed by atoms with E-state index < -0.39 is 0 Å². The third-order valence-corrected chi connectivity index (χ3v) is 6.25. The van der Waals surface area contributed by atoms with Crippen molar-refractivity contribution < 1.29 is 9.59 Å². The third-order valence-electron chi connectivity index (χ3n) is 5.51. The number of amides is 2. The summed E-state index contributed by atoms with van der Waals surface area (Å²) in [6.07, 6.45) is 9.71. The minimum absolute atomic E-state index is 0.0177. The second-order valence-corrected chi connectivity index (χ2v) is 7.82. The number of imidazole rings is 1. The van der Waals surface area contributed by atoms with Crippen LogP contribution in [0.1, 0.15) is 44.2 Å². The van der Waals surface area contributed by atoms with Crippen LogP contribution in [0.5, 0.6) is 0 Å². The van der Waals surface area contributed by atoms with E-state index in [1.807, 2.05) is 22.8 Å². The highest BCUT2D eigenvalue weighted by Gasteiger charge is 2.38. The fourth-order valence-corrected chi connectivity index (χ4v) is 4.55. The number of carbonyl (C=O) groups is 2. The summed E-state index contributed by atoms with van der Waals surface area (Å²) in [5, 5.41) is 3.98. The van der Waals surface area contributed by atoms with Crippen LogP contribution < -0.4 is 5.32 Å². The number of aromatic nitrogens is 2. The van der Waals surface area contributed by atoms with Gasteiger partial charge in [-0.25, -0.2) is 4.98 Å². The van der Waals surface area contributed by atoms with Gasteiger partial charge in [-0.2, -0.15) is 0 Å². The fourth-order valence-electron chi connectivity index (χ4n) is 4.00. The number of hydrogen-bond acceptors (Lipinski definition) is 4. The molecule has 2 atom stereocenters. The number of hydrogen-bond donors (Lipinski definition) is 1. The van der Waals surface area contributed by atoms with Crippen molar-refractivity contribution in [3.63, 3.8) is 0 Å². The average molecular weight is 365 g/mol. The molecule has 0 spiro atoms. The number of nitrogens with one attached hydrogen (secondary N) is 1. The normalized spacial score (nSPS) is 23.7. The number of rotatable bonds is 5. The lowest BCUT2D eigenvalue weighted by molar-refractivity contribution is -0.142. The van der Waals surface area contributed by atoms with Gasteiger partial charge in [-0.1, -0.05) is 24.6 Å². The van der Waals surface area contributed by atoms with E-state index in [0.717, 1.165) is 62.5 Å². The first-order valence-corrected chi connectivity index (χ1v) is 10.5. The summed E-state index contributed by atoms with van der Waals surface area (Å²) >= 11 is 1.59. The average Bonchev–Trinajstić information content (AvgIpc) is 3.29. The highest BCUT2D eigenvalue weighted by atomic mass is 32.2. The van der Waals surface area contributed by atoms with Crippen molar-refractivity contribution >= 4 is 23.6 Å². The van der Waals surface area contributed by atoms with Gasteiger partial charge in [-0.3, -0.25) is 9.59 Å². The van der Waals surface area contributed by atoms with Crippen LogP contribution in [0.3, 0.4) is 0 Å². The van der Waals surface area contributed by atoms with Crippen molar-refractivity contribution in [2.24, 2.45) is 18.9 Å². The molecule has 1 aliphatic heterocycles. The second kappa shape index (κ2) is 8.25. The summed E-state index contributed by atoms with van der Waals surface area (Å²) in [7, 11) is 1.96. The fraction of sp³-hybridized carbons (Fsp3) is 0.722. The topological polar surface area (TPSA) is 67.2 Å². The number of thioether (sulfide) groups is 1. The van der Waals surface area contributed by atoms with Crippen molar-refractivity contribution in [1.29, 1.82) is 0 Å². The molecular formula is C18H28N4O2S. The van der Waals surface area contributed by atoms with E-state index in [0.29, 0.717) is 6.54 Å². The summed E-state index contributed by atoms with van der Waals surface area (Å²) in [6, 6.07) is 0. The largest absolute Gasteiger partial charge is 0.350 e. The summed E-state index contributed by atoms with van der Waals surface area (Å²) in [6.45, 7) is 2.18. The molecule has 0 aromatic carbocycles. The Labute approximate surface area is 153 Å². The third kappa shape index (κ3) is 4.02. The van der Waals surface area contributed by atoms with Gasteiger partial charge >= 0.3 is 0 Å². The Hall–Kier alpha value is -1.50. The zero-order chi connectivity index (χ0) is 17.8. The van der Waals surface area contributed by atoms with Crippen molar-refractivity contribution in [1.82, 2.24) is 19.8 Å². The Morgan fingerprint density at radius 3 is 2.52 bits per heavy atom. The van der Waals surface area contributed by atoms with Gasteiger partial charge < -0.3 is 14.8 Å². The zero-order valence-corrected chi connectivity index (χ0v) is 16.0. The molecule has 1 N–H and O–H groups in total. The van der Waals surface area contributed by atoms with Crippen LogP contribution in [-0.4, -0.2) is 45.6 Å². The Morgan fingerprint density at radius 1 is 1.20 bits per heavy atom.